The van der Waals surface area contributed by atoms with Crippen molar-refractivity contribution < 1.29 is 9.59 Å². The van der Waals surface area contributed by atoms with E-state index in [2.05, 4.69) is 35.5 Å². The highest BCUT2D eigenvalue weighted by atomic mass is 16.2. The van der Waals surface area contributed by atoms with Crippen molar-refractivity contribution in [2.24, 2.45) is 0 Å². The maximum absolute atomic E-state index is 13.2. The Balaban J connectivity index is 1.60. The first-order valence-electron chi connectivity index (χ1n) is 10.9. The van der Waals surface area contributed by atoms with Gasteiger partial charge in [0.05, 0.1) is 29.2 Å². The Morgan fingerprint density at radius 1 is 0.818 bits per heavy atom. The molecule has 0 radical (unpaired) electrons. The molecule has 0 fully saturated rings. The number of carbonyl (C=O) groups is 2. The summed E-state index contributed by atoms with van der Waals surface area (Å²) in [5, 5.41) is 7.62. The third kappa shape index (κ3) is 4.77. The van der Waals surface area contributed by atoms with Gasteiger partial charge in [-0.3, -0.25) is 14.3 Å². The molecular formula is C28H27N3O2. The summed E-state index contributed by atoms with van der Waals surface area (Å²) < 4.78 is 1.89. The summed E-state index contributed by atoms with van der Waals surface area (Å²) in [4.78, 5) is 26.3. The molecule has 0 spiro atoms. The number of amides is 1. The number of nitrogens with zero attached hydrogens (tertiary/aromatic N) is 2. The second-order valence-electron chi connectivity index (χ2n) is 8.39. The molecular weight excluding hydrogens is 410 g/mol. The average Bonchev–Trinajstić information content (AvgIpc) is 3.06. The van der Waals surface area contributed by atoms with Gasteiger partial charge in [-0.05, 0) is 39.3 Å². The Kier molecular flexibility index (Phi) is 6.22. The smallest absolute Gasteiger partial charge is 0.256 e. The molecule has 0 saturated heterocycles. The van der Waals surface area contributed by atoms with Crippen LogP contribution in [0.5, 0.6) is 0 Å². The molecule has 0 bridgehead atoms. The zero-order valence-electron chi connectivity index (χ0n) is 19.3. The number of carbonyl (C=O) groups excluding carboxylic acids is 2. The van der Waals surface area contributed by atoms with Crippen LogP contribution < -0.4 is 5.32 Å². The van der Waals surface area contributed by atoms with Crippen LogP contribution in [0.25, 0.3) is 0 Å². The molecule has 166 valence electrons. The monoisotopic (exact) mass is 437 g/mol. The topological polar surface area (TPSA) is 64.0 Å². The largest absolute Gasteiger partial charge is 0.319 e. The Bertz CT molecular complexity index is 1330. The Morgan fingerprint density at radius 2 is 1.52 bits per heavy atom. The van der Waals surface area contributed by atoms with E-state index in [9.17, 15) is 9.59 Å². The second kappa shape index (κ2) is 9.25. The van der Waals surface area contributed by atoms with Crippen LogP contribution in [0.4, 0.5) is 5.69 Å². The van der Waals surface area contributed by atoms with Crippen LogP contribution in [-0.2, 0) is 6.54 Å². The molecule has 0 aliphatic carbocycles. The van der Waals surface area contributed by atoms with E-state index in [4.69, 9.17) is 0 Å². The van der Waals surface area contributed by atoms with E-state index in [1.807, 2.05) is 43.7 Å². The van der Waals surface area contributed by atoms with Crippen LogP contribution in [0.3, 0.4) is 0 Å². The fourth-order valence-corrected chi connectivity index (χ4v) is 3.94. The van der Waals surface area contributed by atoms with Crippen LogP contribution in [0.15, 0.2) is 72.8 Å². The molecule has 1 heterocycles. The van der Waals surface area contributed by atoms with Crippen LogP contribution >= 0.6 is 0 Å². The molecule has 1 aromatic heterocycles. The molecule has 0 aliphatic rings. The lowest BCUT2D eigenvalue weighted by Crippen LogP contribution is -2.18. The minimum atomic E-state index is -0.327. The van der Waals surface area contributed by atoms with Gasteiger partial charge in [0.1, 0.15) is 0 Å². The van der Waals surface area contributed by atoms with E-state index in [1.165, 1.54) is 5.56 Å². The maximum atomic E-state index is 13.2. The number of rotatable bonds is 6. The molecule has 5 heteroatoms. The Hall–Kier alpha value is -3.99. The summed E-state index contributed by atoms with van der Waals surface area (Å²) in [5.41, 5.74) is 6.95. The average molecular weight is 438 g/mol. The quantitative estimate of drug-likeness (QED) is 0.397. The van der Waals surface area contributed by atoms with Gasteiger partial charge >= 0.3 is 0 Å². The zero-order chi connectivity index (χ0) is 23.5. The van der Waals surface area contributed by atoms with Crippen molar-refractivity contribution in [2.45, 2.75) is 34.2 Å². The SMILES string of the molecule is Cc1ccc(C(=O)c2ccccc2C(=O)Nc2c(C)nn(Cc3cccc(C)c3)c2C)cc1. The number of nitrogens with one attached hydrogen (secondary N) is 1. The number of ketones is 1. The number of anilines is 1. The van der Waals surface area contributed by atoms with Crippen molar-refractivity contribution in [3.8, 4) is 0 Å². The number of benzene rings is 3. The second-order valence-corrected chi connectivity index (χ2v) is 8.39. The first kappa shape index (κ1) is 22.2. The molecule has 3 aromatic carbocycles. The summed E-state index contributed by atoms with van der Waals surface area (Å²) >= 11 is 0. The molecule has 0 unspecified atom stereocenters. The van der Waals surface area contributed by atoms with Crippen molar-refractivity contribution in [1.82, 2.24) is 9.78 Å². The fraction of sp³-hybridized carbons (Fsp3) is 0.179. The first-order valence-corrected chi connectivity index (χ1v) is 10.9. The standard InChI is InChI=1S/C28H27N3O2/c1-18-12-14-23(15-13-18)27(32)24-10-5-6-11-25(24)28(33)29-26-20(3)30-31(21(26)4)17-22-9-7-8-19(2)16-22/h5-16H,17H2,1-4H3,(H,29,33). The van der Waals surface area contributed by atoms with Crippen molar-refractivity contribution in [1.29, 1.82) is 0 Å². The summed E-state index contributed by atoms with van der Waals surface area (Å²) in [7, 11) is 0. The van der Waals surface area contributed by atoms with Gasteiger partial charge in [-0.25, -0.2) is 0 Å². The number of hydrogen-bond acceptors (Lipinski definition) is 3. The third-order valence-electron chi connectivity index (χ3n) is 5.76. The van der Waals surface area contributed by atoms with E-state index in [1.54, 1.807) is 36.4 Å². The van der Waals surface area contributed by atoms with Gasteiger partial charge < -0.3 is 5.32 Å². The van der Waals surface area contributed by atoms with Gasteiger partial charge in [0.2, 0.25) is 0 Å². The van der Waals surface area contributed by atoms with Crippen molar-refractivity contribution in [3.05, 3.63) is 118 Å². The van der Waals surface area contributed by atoms with Gasteiger partial charge in [-0.2, -0.15) is 5.10 Å². The number of aromatic nitrogens is 2. The maximum Gasteiger partial charge on any atom is 0.256 e. The van der Waals surface area contributed by atoms with Gasteiger partial charge in [0.25, 0.3) is 5.91 Å². The molecule has 4 aromatic rings. The predicted molar refractivity (Wildman–Crippen MR) is 131 cm³/mol. The minimum absolute atomic E-state index is 0.177. The molecule has 4 rings (SSSR count). The van der Waals surface area contributed by atoms with E-state index < -0.39 is 0 Å². The summed E-state index contributed by atoms with van der Waals surface area (Å²) in [6.07, 6.45) is 0. The number of aryl methyl sites for hydroxylation is 3. The molecule has 1 amide bonds. The number of hydrogen-bond donors (Lipinski definition) is 1. The summed E-state index contributed by atoms with van der Waals surface area (Å²) in [5.74, 6) is -0.503. The molecule has 1 N–H and O–H groups in total. The van der Waals surface area contributed by atoms with Gasteiger partial charge in [-0.15, -0.1) is 0 Å². The highest BCUT2D eigenvalue weighted by Gasteiger charge is 2.21. The van der Waals surface area contributed by atoms with E-state index in [0.717, 1.165) is 22.5 Å². The van der Waals surface area contributed by atoms with Gasteiger partial charge in [0.15, 0.2) is 5.78 Å². The van der Waals surface area contributed by atoms with Gasteiger partial charge in [0, 0.05) is 11.1 Å². The summed E-state index contributed by atoms with van der Waals surface area (Å²) in [6.45, 7) is 8.46. The minimum Gasteiger partial charge on any atom is -0.319 e. The predicted octanol–water partition coefficient (Wildman–Crippen LogP) is 5.65. The molecule has 5 nitrogen and oxygen atoms in total. The summed E-state index contributed by atoms with van der Waals surface area (Å²) in [6, 6.07) is 22.6. The zero-order valence-corrected chi connectivity index (χ0v) is 19.3. The van der Waals surface area contributed by atoms with Crippen LogP contribution in [-0.4, -0.2) is 21.5 Å². The van der Waals surface area contributed by atoms with E-state index in [-0.39, 0.29) is 11.7 Å². The molecule has 0 aliphatic heterocycles. The lowest BCUT2D eigenvalue weighted by Gasteiger charge is -2.11. The van der Waals surface area contributed by atoms with E-state index in [0.29, 0.717) is 28.9 Å². The highest BCUT2D eigenvalue weighted by Crippen LogP contribution is 2.23. The lowest BCUT2D eigenvalue weighted by atomic mass is 9.97. The molecule has 0 atom stereocenters. The third-order valence-corrected chi connectivity index (χ3v) is 5.76. The van der Waals surface area contributed by atoms with Crippen LogP contribution in [0.1, 0.15) is 54.4 Å². The van der Waals surface area contributed by atoms with Crippen molar-refractivity contribution in [3.63, 3.8) is 0 Å². The first-order chi connectivity index (χ1) is 15.8. The van der Waals surface area contributed by atoms with Crippen LogP contribution in [0, 0.1) is 27.7 Å². The fourth-order valence-electron chi connectivity index (χ4n) is 3.94. The molecule has 33 heavy (non-hydrogen) atoms. The normalized spacial score (nSPS) is 10.8. The van der Waals surface area contributed by atoms with Gasteiger partial charge in [-0.1, -0.05) is 77.9 Å². The Labute approximate surface area is 194 Å². The molecule has 0 saturated carbocycles. The van der Waals surface area contributed by atoms with Crippen LogP contribution in [0.2, 0.25) is 0 Å². The van der Waals surface area contributed by atoms with Crippen molar-refractivity contribution >= 4 is 17.4 Å². The van der Waals surface area contributed by atoms with Crippen molar-refractivity contribution in [2.75, 3.05) is 5.32 Å². The highest BCUT2D eigenvalue weighted by molar-refractivity contribution is 6.17. The lowest BCUT2D eigenvalue weighted by molar-refractivity contribution is 0.0996. The Morgan fingerprint density at radius 3 is 2.21 bits per heavy atom. The van der Waals surface area contributed by atoms with E-state index >= 15 is 0 Å².